The first-order valence-corrected chi connectivity index (χ1v) is 4.22. The number of nitrogens with two attached hydrogens (primary N) is 1. The second-order valence-corrected chi connectivity index (χ2v) is 3.12. The molecule has 0 aromatic heterocycles. The van der Waals surface area contributed by atoms with Crippen molar-refractivity contribution >= 4 is 5.97 Å². The van der Waals surface area contributed by atoms with Gasteiger partial charge < -0.3 is 10.8 Å². The lowest BCUT2D eigenvalue weighted by Gasteiger charge is -2.14. The molecule has 1 rings (SSSR count). The van der Waals surface area contributed by atoms with Crippen LogP contribution in [0.3, 0.4) is 0 Å². The average molecular weight is 197 g/mol. The van der Waals surface area contributed by atoms with E-state index in [1.54, 1.807) is 31.2 Å². The van der Waals surface area contributed by atoms with E-state index in [1.165, 1.54) is 0 Å². The Morgan fingerprint density at radius 1 is 1.50 bits per heavy atom. The molecular weight excluding hydrogens is 185 g/mol. The van der Waals surface area contributed by atoms with E-state index in [4.69, 9.17) is 10.8 Å². The molecule has 0 heterocycles. The first kappa shape index (κ1) is 10.7. The standard InChI is InChI=1S/C10H12FNO2/c1-6-4-2-3-5-7(6)8(11)9(12)10(13)14/h2-5,8-9H,12H2,1H3,(H,13,14). The van der Waals surface area contributed by atoms with Crippen LogP contribution in [0, 0.1) is 6.92 Å². The van der Waals surface area contributed by atoms with Gasteiger partial charge in [-0.1, -0.05) is 24.3 Å². The summed E-state index contributed by atoms with van der Waals surface area (Å²) in [6, 6.07) is 5.18. The van der Waals surface area contributed by atoms with Crippen molar-refractivity contribution in [3.63, 3.8) is 0 Å². The number of carbonyl (C=O) groups is 1. The molecule has 0 aliphatic rings. The van der Waals surface area contributed by atoms with Crippen molar-refractivity contribution in [2.75, 3.05) is 0 Å². The van der Waals surface area contributed by atoms with Gasteiger partial charge >= 0.3 is 5.97 Å². The summed E-state index contributed by atoms with van der Waals surface area (Å²) in [5, 5.41) is 8.54. The van der Waals surface area contributed by atoms with Gasteiger partial charge in [0.15, 0.2) is 6.17 Å². The highest BCUT2D eigenvalue weighted by atomic mass is 19.1. The number of benzene rings is 1. The Bertz CT molecular complexity index is 341. The smallest absolute Gasteiger partial charge is 0.323 e. The predicted octanol–water partition coefficient (Wildman–Crippen LogP) is 1.42. The summed E-state index contributed by atoms with van der Waals surface area (Å²) in [4.78, 5) is 10.5. The number of carboxylic acids is 1. The van der Waals surface area contributed by atoms with Crippen LogP contribution in [0.5, 0.6) is 0 Å². The van der Waals surface area contributed by atoms with Crippen LogP contribution in [0.25, 0.3) is 0 Å². The largest absolute Gasteiger partial charge is 0.480 e. The van der Waals surface area contributed by atoms with E-state index in [9.17, 15) is 9.18 Å². The molecular formula is C10H12FNO2. The number of hydrogen-bond acceptors (Lipinski definition) is 2. The monoisotopic (exact) mass is 197 g/mol. The Balaban J connectivity index is 2.94. The first-order chi connectivity index (χ1) is 6.54. The summed E-state index contributed by atoms with van der Waals surface area (Å²) in [5.74, 6) is -1.33. The molecule has 1 aromatic carbocycles. The van der Waals surface area contributed by atoms with Crippen LogP contribution < -0.4 is 5.73 Å². The normalized spacial score (nSPS) is 14.8. The minimum atomic E-state index is -1.66. The molecule has 0 fully saturated rings. The highest BCUT2D eigenvalue weighted by molar-refractivity contribution is 5.74. The van der Waals surface area contributed by atoms with Gasteiger partial charge in [0.25, 0.3) is 0 Å². The molecule has 0 spiro atoms. The molecule has 0 saturated carbocycles. The maximum Gasteiger partial charge on any atom is 0.323 e. The lowest BCUT2D eigenvalue weighted by molar-refractivity contribution is -0.140. The SMILES string of the molecule is Cc1ccccc1C(F)C(N)C(=O)O. The number of alkyl halides is 1. The minimum Gasteiger partial charge on any atom is -0.480 e. The third kappa shape index (κ3) is 2.09. The Kier molecular flexibility index (Phi) is 3.19. The topological polar surface area (TPSA) is 63.3 Å². The Hall–Kier alpha value is -1.42. The number of aliphatic carboxylic acids is 1. The van der Waals surface area contributed by atoms with Crippen molar-refractivity contribution in [3.8, 4) is 0 Å². The summed E-state index contributed by atoms with van der Waals surface area (Å²) in [6.45, 7) is 1.72. The quantitative estimate of drug-likeness (QED) is 0.770. The van der Waals surface area contributed by atoms with Gasteiger partial charge in [0.05, 0.1) is 0 Å². The molecule has 4 heteroatoms. The van der Waals surface area contributed by atoms with Crippen molar-refractivity contribution in [2.45, 2.75) is 19.1 Å². The van der Waals surface area contributed by atoms with Crippen LogP contribution >= 0.6 is 0 Å². The van der Waals surface area contributed by atoms with Crippen LogP contribution in [0.1, 0.15) is 17.3 Å². The summed E-state index contributed by atoms with van der Waals surface area (Å²) in [5.41, 5.74) is 6.23. The van der Waals surface area contributed by atoms with Crippen molar-refractivity contribution in [2.24, 2.45) is 5.73 Å². The van der Waals surface area contributed by atoms with Crippen molar-refractivity contribution in [3.05, 3.63) is 35.4 Å². The Morgan fingerprint density at radius 2 is 2.07 bits per heavy atom. The number of carboxylic acid groups (broad SMARTS) is 1. The van der Waals surface area contributed by atoms with E-state index < -0.39 is 18.2 Å². The zero-order valence-corrected chi connectivity index (χ0v) is 7.77. The van der Waals surface area contributed by atoms with Gasteiger partial charge in [-0.15, -0.1) is 0 Å². The first-order valence-electron chi connectivity index (χ1n) is 4.22. The fourth-order valence-corrected chi connectivity index (χ4v) is 1.21. The summed E-state index contributed by atoms with van der Waals surface area (Å²) in [7, 11) is 0. The van der Waals surface area contributed by atoms with Gasteiger partial charge in [-0.3, -0.25) is 4.79 Å². The molecule has 76 valence electrons. The number of rotatable bonds is 3. The molecule has 0 aliphatic heterocycles. The lowest BCUT2D eigenvalue weighted by atomic mass is 10.00. The van der Waals surface area contributed by atoms with Crippen LogP contribution in [-0.2, 0) is 4.79 Å². The summed E-state index contributed by atoms with van der Waals surface area (Å²) >= 11 is 0. The van der Waals surface area contributed by atoms with E-state index in [0.717, 1.165) is 0 Å². The molecule has 3 N–H and O–H groups in total. The highest BCUT2D eigenvalue weighted by Gasteiger charge is 2.26. The second kappa shape index (κ2) is 4.19. The molecule has 1 aromatic rings. The van der Waals surface area contributed by atoms with E-state index in [1.807, 2.05) is 0 Å². The fourth-order valence-electron chi connectivity index (χ4n) is 1.21. The van der Waals surface area contributed by atoms with Crippen LogP contribution in [0.4, 0.5) is 4.39 Å². The average Bonchev–Trinajstić information content (AvgIpc) is 2.16. The van der Waals surface area contributed by atoms with Crippen molar-refractivity contribution in [1.29, 1.82) is 0 Å². The molecule has 0 aliphatic carbocycles. The maximum absolute atomic E-state index is 13.5. The molecule has 0 bridgehead atoms. The molecule has 2 unspecified atom stereocenters. The fraction of sp³-hybridized carbons (Fsp3) is 0.300. The highest BCUT2D eigenvalue weighted by Crippen LogP contribution is 2.23. The van der Waals surface area contributed by atoms with Crippen molar-refractivity contribution in [1.82, 2.24) is 0 Å². The second-order valence-electron chi connectivity index (χ2n) is 3.12. The third-order valence-electron chi connectivity index (χ3n) is 2.09. The van der Waals surface area contributed by atoms with Crippen LogP contribution in [0.2, 0.25) is 0 Å². The summed E-state index contributed by atoms with van der Waals surface area (Å²) in [6.07, 6.45) is -1.66. The maximum atomic E-state index is 13.5. The molecule has 2 atom stereocenters. The van der Waals surface area contributed by atoms with Crippen LogP contribution in [-0.4, -0.2) is 17.1 Å². The third-order valence-corrected chi connectivity index (χ3v) is 2.09. The zero-order valence-electron chi connectivity index (χ0n) is 7.77. The van der Waals surface area contributed by atoms with E-state index >= 15 is 0 Å². The van der Waals surface area contributed by atoms with Gasteiger partial charge in [0, 0.05) is 0 Å². The molecule has 14 heavy (non-hydrogen) atoms. The predicted molar refractivity (Wildman–Crippen MR) is 50.6 cm³/mol. The molecule has 0 saturated heterocycles. The van der Waals surface area contributed by atoms with E-state index in [2.05, 4.69) is 0 Å². The molecule has 0 radical (unpaired) electrons. The van der Waals surface area contributed by atoms with Gasteiger partial charge in [0.1, 0.15) is 6.04 Å². The lowest BCUT2D eigenvalue weighted by Crippen LogP contribution is -2.34. The van der Waals surface area contributed by atoms with Gasteiger partial charge in [-0.2, -0.15) is 0 Å². The van der Waals surface area contributed by atoms with E-state index in [0.29, 0.717) is 11.1 Å². The summed E-state index contributed by atoms with van der Waals surface area (Å²) < 4.78 is 13.5. The van der Waals surface area contributed by atoms with E-state index in [-0.39, 0.29) is 0 Å². The van der Waals surface area contributed by atoms with Crippen molar-refractivity contribution < 1.29 is 14.3 Å². The number of hydrogen-bond donors (Lipinski definition) is 2. The van der Waals surface area contributed by atoms with Gasteiger partial charge in [0.2, 0.25) is 0 Å². The zero-order chi connectivity index (χ0) is 10.7. The van der Waals surface area contributed by atoms with Crippen LogP contribution in [0.15, 0.2) is 24.3 Å². The molecule has 0 amide bonds. The number of halogens is 1. The Morgan fingerprint density at radius 3 is 2.57 bits per heavy atom. The Labute approximate surface area is 81.4 Å². The van der Waals surface area contributed by atoms with Gasteiger partial charge in [-0.05, 0) is 18.1 Å². The number of aryl methyl sites for hydroxylation is 1. The minimum absolute atomic E-state index is 0.336. The van der Waals surface area contributed by atoms with Gasteiger partial charge in [-0.25, -0.2) is 4.39 Å². The molecule has 3 nitrogen and oxygen atoms in total.